The van der Waals surface area contributed by atoms with Gasteiger partial charge in [0.15, 0.2) is 11.5 Å². The van der Waals surface area contributed by atoms with E-state index in [0.717, 1.165) is 36.6 Å². The van der Waals surface area contributed by atoms with Crippen molar-refractivity contribution in [2.75, 3.05) is 20.8 Å². The van der Waals surface area contributed by atoms with Gasteiger partial charge in [-0.15, -0.1) is 0 Å². The van der Waals surface area contributed by atoms with Gasteiger partial charge in [0, 0.05) is 22.7 Å². The quantitative estimate of drug-likeness (QED) is 0.879. The first-order valence-corrected chi connectivity index (χ1v) is 7.69. The second kappa shape index (κ2) is 6.68. The molecule has 0 saturated heterocycles. The van der Waals surface area contributed by atoms with Crippen LogP contribution in [-0.2, 0) is 0 Å². The van der Waals surface area contributed by atoms with Gasteiger partial charge in [-0.05, 0) is 37.3 Å². The van der Waals surface area contributed by atoms with Crippen molar-refractivity contribution >= 4 is 11.6 Å². The third kappa shape index (κ3) is 2.75. The van der Waals surface area contributed by atoms with Crippen molar-refractivity contribution in [3.8, 4) is 11.5 Å². The number of benzene rings is 1. The summed E-state index contributed by atoms with van der Waals surface area (Å²) in [5, 5.41) is 4.39. The van der Waals surface area contributed by atoms with E-state index in [9.17, 15) is 0 Å². The van der Waals surface area contributed by atoms with Crippen LogP contribution in [0.2, 0.25) is 5.02 Å². The molecule has 4 heteroatoms. The van der Waals surface area contributed by atoms with Gasteiger partial charge < -0.3 is 14.8 Å². The summed E-state index contributed by atoms with van der Waals surface area (Å²) in [7, 11) is 3.35. The first-order valence-electron chi connectivity index (χ1n) is 7.31. The zero-order valence-corrected chi connectivity index (χ0v) is 13.5. The summed E-state index contributed by atoms with van der Waals surface area (Å²) >= 11 is 6.49. The maximum Gasteiger partial charge on any atom is 0.165 e. The average molecular weight is 298 g/mol. The Bertz CT molecular complexity index is 476. The van der Waals surface area contributed by atoms with Gasteiger partial charge in [0.2, 0.25) is 0 Å². The summed E-state index contributed by atoms with van der Waals surface area (Å²) in [6.45, 7) is 5.40. The Morgan fingerprint density at radius 2 is 2.00 bits per heavy atom. The molecule has 0 fully saturated rings. The van der Waals surface area contributed by atoms with Gasteiger partial charge in [-0.25, -0.2) is 0 Å². The standard InChI is InChI=1S/C16H24ClNO2/c1-5-8-18-12-7-6-10(2)14-11(17)9-13(19-3)16(20-4)15(12)14/h9-10,12,18H,5-8H2,1-4H3. The van der Waals surface area contributed by atoms with Crippen LogP contribution < -0.4 is 14.8 Å². The molecule has 1 N–H and O–H groups in total. The summed E-state index contributed by atoms with van der Waals surface area (Å²) in [4.78, 5) is 0. The van der Waals surface area contributed by atoms with E-state index in [-0.39, 0.29) is 0 Å². The van der Waals surface area contributed by atoms with Crippen LogP contribution in [0.5, 0.6) is 11.5 Å². The van der Waals surface area contributed by atoms with Crippen molar-refractivity contribution in [1.82, 2.24) is 5.32 Å². The Hall–Kier alpha value is -0.930. The minimum atomic E-state index is 0.295. The molecule has 0 aliphatic heterocycles. The van der Waals surface area contributed by atoms with E-state index in [1.807, 2.05) is 6.07 Å². The monoisotopic (exact) mass is 297 g/mol. The number of hydrogen-bond acceptors (Lipinski definition) is 3. The van der Waals surface area contributed by atoms with E-state index in [4.69, 9.17) is 21.1 Å². The van der Waals surface area contributed by atoms with Gasteiger partial charge in [0.1, 0.15) is 0 Å². The van der Waals surface area contributed by atoms with Gasteiger partial charge in [-0.2, -0.15) is 0 Å². The number of halogens is 1. The molecule has 2 atom stereocenters. The van der Waals surface area contributed by atoms with Gasteiger partial charge in [-0.3, -0.25) is 0 Å². The highest BCUT2D eigenvalue weighted by Crippen LogP contribution is 2.49. The highest BCUT2D eigenvalue weighted by Gasteiger charge is 2.31. The van der Waals surface area contributed by atoms with Crippen LogP contribution in [0, 0.1) is 0 Å². The molecule has 0 bridgehead atoms. The SMILES string of the molecule is CCCNC1CCC(C)c2c(Cl)cc(OC)c(OC)c21. The number of ether oxygens (including phenoxy) is 2. The van der Waals surface area contributed by atoms with Crippen molar-refractivity contribution in [2.45, 2.75) is 45.1 Å². The second-order valence-electron chi connectivity index (χ2n) is 5.41. The maximum atomic E-state index is 6.49. The molecular weight excluding hydrogens is 274 g/mol. The van der Waals surface area contributed by atoms with Crippen LogP contribution in [-0.4, -0.2) is 20.8 Å². The van der Waals surface area contributed by atoms with Crippen molar-refractivity contribution < 1.29 is 9.47 Å². The predicted molar refractivity (Wildman–Crippen MR) is 83.2 cm³/mol. The lowest BCUT2D eigenvalue weighted by Gasteiger charge is -2.33. The molecule has 0 amide bonds. The highest BCUT2D eigenvalue weighted by atomic mass is 35.5. The van der Waals surface area contributed by atoms with Crippen molar-refractivity contribution in [1.29, 1.82) is 0 Å². The molecule has 1 aromatic rings. The molecule has 2 unspecified atom stereocenters. The van der Waals surface area contributed by atoms with Gasteiger partial charge in [0.05, 0.1) is 14.2 Å². The summed E-state index contributed by atoms with van der Waals surface area (Å²) in [5.41, 5.74) is 2.40. The maximum absolute atomic E-state index is 6.49. The summed E-state index contributed by atoms with van der Waals surface area (Å²) < 4.78 is 11.1. The molecule has 3 nitrogen and oxygen atoms in total. The van der Waals surface area contributed by atoms with Crippen molar-refractivity contribution in [2.24, 2.45) is 0 Å². The minimum Gasteiger partial charge on any atom is -0.493 e. The van der Waals surface area contributed by atoms with Crippen LogP contribution in [0.3, 0.4) is 0 Å². The number of rotatable bonds is 5. The Kier molecular flexibility index (Phi) is 5.17. The van der Waals surface area contributed by atoms with E-state index in [2.05, 4.69) is 19.2 Å². The Labute approximate surface area is 126 Å². The third-order valence-corrected chi connectivity index (χ3v) is 4.38. The zero-order valence-electron chi connectivity index (χ0n) is 12.8. The molecule has 1 aliphatic carbocycles. The lowest BCUT2D eigenvalue weighted by Crippen LogP contribution is -2.27. The van der Waals surface area contributed by atoms with Crippen LogP contribution in [0.1, 0.15) is 56.2 Å². The Balaban J connectivity index is 2.55. The number of nitrogens with one attached hydrogen (secondary N) is 1. The minimum absolute atomic E-state index is 0.295. The first-order chi connectivity index (χ1) is 9.63. The van der Waals surface area contributed by atoms with E-state index in [1.165, 1.54) is 11.1 Å². The summed E-state index contributed by atoms with van der Waals surface area (Å²) in [6, 6.07) is 2.17. The summed E-state index contributed by atoms with van der Waals surface area (Å²) in [5.74, 6) is 2.00. The van der Waals surface area contributed by atoms with Crippen LogP contribution in [0.4, 0.5) is 0 Å². The molecular formula is C16H24ClNO2. The average Bonchev–Trinajstić information content (AvgIpc) is 2.45. The number of fused-ring (bicyclic) bond motifs is 1. The van der Waals surface area contributed by atoms with Gasteiger partial charge in [0.25, 0.3) is 0 Å². The Morgan fingerprint density at radius 3 is 2.60 bits per heavy atom. The largest absolute Gasteiger partial charge is 0.493 e. The number of hydrogen-bond donors (Lipinski definition) is 1. The molecule has 0 aromatic heterocycles. The molecule has 1 aliphatic rings. The van der Waals surface area contributed by atoms with Crippen molar-refractivity contribution in [3.63, 3.8) is 0 Å². The molecule has 0 radical (unpaired) electrons. The second-order valence-corrected chi connectivity index (χ2v) is 5.81. The smallest absolute Gasteiger partial charge is 0.165 e. The molecule has 1 aromatic carbocycles. The van der Waals surface area contributed by atoms with Gasteiger partial charge in [-0.1, -0.05) is 25.4 Å². The fraction of sp³-hybridized carbons (Fsp3) is 0.625. The van der Waals surface area contributed by atoms with E-state index in [0.29, 0.717) is 17.7 Å². The van der Waals surface area contributed by atoms with E-state index in [1.54, 1.807) is 14.2 Å². The van der Waals surface area contributed by atoms with Crippen LogP contribution in [0.15, 0.2) is 6.07 Å². The van der Waals surface area contributed by atoms with E-state index < -0.39 is 0 Å². The van der Waals surface area contributed by atoms with Crippen LogP contribution >= 0.6 is 11.6 Å². The third-order valence-electron chi connectivity index (χ3n) is 4.07. The summed E-state index contributed by atoms with van der Waals surface area (Å²) in [6.07, 6.45) is 3.36. The fourth-order valence-corrected chi connectivity index (χ4v) is 3.47. The molecule has 0 saturated carbocycles. The molecule has 0 spiro atoms. The lowest BCUT2D eigenvalue weighted by molar-refractivity contribution is 0.336. The lowest BCUT2D eigenvalue weighted by atomic mass is 9.80. The number of methoxy groups -OCH3 is 2. The molecule has 2 rings (SSSR count). The molecule has 112 valence electrons. The van der Waals surface area contributed by atoms with E-state index >= 15 is 0 Å². The molecule has 20 heavy (non-hydrogen) atoms. The zero-order chi connectivity index (χ0) is 14.7. The normalized spacial score (nSPS) is 21.4. The molecule has 0 heterocycles. The fourth-order valence-electron chi connectivity index (χ4n) is 3.08. The Morgan fingerprint density at radius 1 is 1.25 bits per heavy atom. The highest BCUT2D eigenvalue weighted by molar-refractivity contribution is 6.31. The topological polar surface area (TPSA) is 30.5 Å². The van der Waals surface area contributed by atoms with Gasteiger partial charge >= 0.3 is 0 Å². The first kappa shape index (κ1) is 15.5. The predicted octanol–water partition coefficient (Wildman–Crippen LogP) is 4.30. The van der Waals surface area contributed by atoms with Crippen molar-refractivity contribution in [3.05, 3.63) is 22.2 Å². The van der Waals surface area contributed by atoms with Crippen LogP contribution in [0.25, 0.3) is 0 Å².